The van der Waals surface area contributed by atoms with E-state index in [9.17, 15) is 18.0 Å². The summed E-state index contributed by atoms with van der Waals surface area (Å²) in [4.78, 5) is 12.5. The molecule has 0 N–H and O–H groups in total. The Hall–Kier alpha value is -2.08. The summed E-state index contributed by atoms with van der Waals surface area (Å²) in [6, 6.07) is 6.68. The Bertz CT molecular complexity index is 615. The number of carbonyl (C=O) groups is 1. The number of methoxy groups -OCH3 is 1. The molecule has 25 heavy (non-hydrogen) atoms. The van der Waals surface area contributed by atoms with Crippen LogP contribution in [0.5, 0.6) is 0 Å². The molecule has 1 aromatic carbocycles. The van der Waals surface area contributed by atoms with Crippen LogP contribution in [0, 0.1) is 5.41 Å². The van der Waals surface area contributed by atoms with Crippen LogP contribution in [0.15, 0.2) is 55.1 Å². The SMILES string of the molecule is C=C[C@@H](/C=C/C(C)(C)C)OC(=O)C(OC)(c1ccccc1)C(F)(F)F. The quantitative estimate of drug-likeness (QED) is 0.543. The minimum absolute atomic E-state index is 0.227. The van der Waals surface area contributed by atoms with Gasteiger partial charge in [-0.2, -0.15) is 13.2 Å². The highest BCUT2D eigenvalue weighted by molar-refractivity contribution is 5.83. The molecule has 1 aromatic rings. The van der Waals surface area contributed by atoms with Crippen molar-refractivity contribution >= 4 is 5.97 Å². The van der Waals surface area contributed by atoms with Gasteiger partial charge in [0.2, 0.25) is 0 Å². The summed E-state index contributed by atoms with van der Waals surface area (Å²) in [6.45, 7) is 9.23. The Balaban J connectivity index is 3.26. The Morgan fingerprint density at radius 1 is 1.16 bits per heavy atom. The summed E-state index contributed by atoms with van der Waals surface area (Å²) >= 11 is 0. The lowest BCUT2D eigenvalue weighted by molar-refractivity contribution is -0.276. The van der Waals surface area contributed by atoms with E-state index in [1.807, 2.05) is 20.8 Å². The molecule has 1 rings (SSSR count). The number of alkyl halides is 3. The number of esters is 1. The zero-order chi connectivity index (χ0) is 19.3. The molecular weight excluding hydrogens is 333 g/mol. The highest BCUT2D eigenvalue weighted by Crippen LogP contribution is 2.43. The first-order chi connectivity index (χ1) is 11.5. The summed E-state index contributed by atoms with van der Waals surface area (Å²) in [5.41, 5.74) is -3.78. The number of halogens is 3. The van der Waals surface area contributed by atoms with E-state index in [1.165, 1.54) is 36.4 Å². The van der Waals surface area contributed by atoms with Crippen molar-refractivity contribution in [2.45, 2.75) is 38.7 Å². The maximum atomic E-state index is 13.8. The van der Waals surface area contributed by atoms with Crippen LogP contribution in [0.3, 0.4) is 0 Å². The second kappa shape index (κ2) is 7.87. The molecule has 0 aliphatic rings. The molecule has 0 spiro atoms. The van der Waals surface area contributed by atoms with E-state index in [4.69, 9.17) is 4.74 Å². The molecule has 0 aromatic heterocycles. The lowest BCUT2D eigenvalue weighted by Crippen LogP contribution is -2.52. The van der Waals surface area contributed by atoms with Gasteiger partial charge in [-0.15, -0.1) is 0 Å². The van der Waals surface area contributed by atoms with E-state index in [0.29, 0.717) is 0 Å². The summed E-state index contributed by atoms with van der Waals surface area (Å²) < 4.78 is 51.0. The van der Waals surface area contributed by atoms with Gasteiger partial charge in [0.1, 0.15) is 6.10 Å². The second-order valence-electron chi connectivity index (χ2n) is 6.58. The fraction of sp³-hybridized carbons (Fsp3) is 0.421. The molecule has 2 atom stereocenters. The lowest BCUT2D eigenvalue weighted by Gasteiger charge is -2.33. The summed E-state index contributed by atoms with van der Waals surface area (Å²) in [6.07, 6.45) is -1.53. The van der Waals surface area contributed by atoms with E-state index >= 15 is 0 Å². The van der Waals surface area contributed by atoms with Crippen molar-refractivity contribution in [3.05, 3.63) is 60.7 Å². The van der Waals surface area contributed by atoms with Crippen molar-refractivity contribution < 1.29 is 27.4 Å². The lowest BCUT2D eigenvalue weighted by atomic mass is 9.92. The molecule has 3 nitrogen and oxygen atoms in total. The van der Waals surface area contributed by atoms with Crippen LogP contribution in [-0.2, 0) is 19.9 Å². The zero-order valence-electron chi connectivity index (χ0n) is 14.8. The third kappa shape index (κ3) is 4.95. The van der Waals surface area contributed by atoms with E-state index < -0.39 is 23.9 Å². The average molecular weight is 356 g/mol. The van der Waals surface area contributed by atoms with Gasteiger partial charge in [-0.25, -0.2) is 4.79 Å². The topological polar surface area (TPSA) is 35.5 Å². The first kappa shape index (κ1) is 21.0. The van der Waals surface area contributed by atoms with Crippen molar-refractivity contribution in [2.24, 2.45) is 5.41 Å². The second-order valence-corrected chi connectivity index (χ2v) is 6.58. The fourth-order valence-corrected chi connectivity index (χ4v) is 2.14. The number of hydrogen-bond acceptors (Lipinski definition) is 3. The number of hydrogen-bond donors (Lipinski definition) is 0. The van der Waals surface area contributed by atoms with Crippen molar-refractivity contribution in [3.63, 3.8) is 0 Å². The zero-order valence-corrected chi connectivity index (χ0v) is 14.8. The molecule has 0 saturated carbocycles. The number of rotatable bonds is 6. The molecule has 6 heteroatoms. The van der Waals surface area contributed by atoms with Gasteiger partial charge in [0.25, 0.3) is 5.60 Å². The van der Waals surface area contributed by atoms with Crippen LogP contribution < -0.4 is 0 Å². The van der Waals surface area contributed by atoms with E-state index in [-0.39, 0.29) is 11.0 Å². The molecule has 138 valence electrons. The number of benzene rings is 1. The van der Waals surface area contributed by atoms with Crippen molar-refractivity contribution in [1.82, 2.24) is 0 Å². The molecule has 0 aliphatic heterocycles. The van der Waals surface area contributed by atoms with Crippen LogP contribution in [-0.4, -0.2) is 25.4 Å². The smallest absolute Gasteiger partial charge is 0.432 e. The molecule has 0 bridgehead atoms. The maximum Gasteiger partial charge on any atom is 0.432 e. The van der Waals surface area contributed by atoms with Crippen LogP contribution in [0.25, 0.3) is 0 Å². The molecule has 0 saturated heterocycles. The maximum absolute atomic E-state index is 13.8. The first-order valence-corrected chi connectivity index (χ1v) is 7.68. The van der Waals surface area contributed by atoms with Crippen LogP contribution >= 0.6 is 0 Å². The Labute approximate surface area is 146 Å². The van der Waals surface area contributed by atoms with Gasteiger partial charge >= 0.3 is 12.1 Å². The number of allylic oxidation sites excluding steroid dienone is 1. The molecule has 0 aliphatic carbocycles. The van der Waals surface area contributed by atoms with Gasteiger partial charge < -0.3 is 9.47 Å². The minimum Gasteiger partial charge on any atom is -0.451 e. The van der Waals surface area contributed by atoms with E-state index in [2.05, 4.69) is 11.3 Å². The first-order valence-electron chi connectivity index (χ1n) is 7.68. The third-order valence-electron chi connectivity index (χ3n) is 3.43. The predicted octanol–water partition coefficient (Wildman–Crippen LogP) is 4.79. The highest BCUT2D eigenvalue weighted by atomic mass is 19.4. The van der Waals surface area contributed by atoms with Crippen LogP contribution in [0.2, 0.25) is 0 Å². The average Bonchev–Trinajstić information content (AvgIpc) is 2.51. The van der Waals surface area contributed by atoms with E-state index in [0.717, 1.165) is 7.11 Å². The van der Waals surface area contributed by atoms with Crippen LogP contribution in [0.4, 0.5) is 13.2 Å². The van der Waals surface area contributed by atoms with Gasteiger partial charge in [-0.05, 0) is 17.6 Å². The Kier molecular flexibility index (Phi) is 6.60. The molecular formula is C19H23F3O3. The van der Waals surface area contributed by atoms with Gasteiger partial charge in [0, 0.05) is 12.7 Å². The molecule has 0 radical (unpaired) electrons. The summed E-state index contributed by atoms with van der Waals surface area (Å²) in [5.74, 6) is -1.54. The highest BCUT2D eigenvalue weighted by Gasteiger charge is 2.64. The molecule has 0 fully saturated rings. The number of ether oxygens (including phenoxy) is 2. The monoisotopic (exact) mass is 356 g/mol. The van der Waals surface area contributed by atoms with Crippen molar-refractivity contribution in [1.29, 1.82) is 0 Å². The summed E-state index contributed by atoms with van der Waals surface area (Å²) in [7, 11) is 0.829. The van der Waals surface area contributed by atoms with Crippen LogP contribution in [0.1, 0.15) is 26.3 Å². The largest absolute Gasteiger partial charge is 0.451 e. The van der Waals surface area contributed by atoms with Gasteiger partial charge in [-0.3, -0.25) is 0 Å². The molecule has 0 amide bonds. The fourth-order valence-electron chi connectivity index (χ4n) is 2.14. The number of carbonyl (C=O) groups excluding carboxylic acids is 1. The van der Waals surface area contributed by atoms with Gasteiger partial charge in [0.15, 0.2) is 0 Å². The standard InChI is InChI=1S/C19H23F3O3/c1-6-15(12-13-17(2,3)4)25-16(23)18(24-5,19(20,21)22)14-10-8-7-9-11-14/h6-13,15H,1H2,2-5H3/b13-12+/t15-,18?/m0/s1. The minimum atomic E-state index is -5.00. The molecule has 0 heterocycles. The van der Waals surface area contributed by atoms with Crippen molar-refractivity contribution in [2.75, 3.05) is 7.11 Å². The third-order valence-corrected chi connectivity index (χ3v) is 3.43. The van der Waals surface area contributed by atoms with E-state index in [1.54, 1.807) is 12.1 Å². The normalized spacial score (nSPS) is 16.3. The Morgan fingerprint density at radius 2 is 1.72 bits per heavy atom. The van der Waals surface area contributed by atoms with Crippen molar-refractivity contribution in [3.8, 4) is 0 Å². The predicted molar refractivity (Wildman–Crippen MR) is 89.9 cm³/mol. The van der Waals surface area contributed by atoms with Gasteiger partial charge in [0.05, 0.1) is 0 Å². The molecule has 1 unspecified atom stereocenters. The van der Waals surface area contributed by atoms with Gasteiger partial charge in [-0.1, -0.05) is 63.8 Å². The summed E-state index contributed by atoms with van der Waals surface area (Å²) in [5, 5.41) is 0. The Morgan fingerprint density at radius 3 is 2.12 bits per heavy atom.